The van der Waals surface area contributed by atoms with Gasteiger partial charge in [-0.1, -0.05) is 135 Å². The number of benzene rings is 6. The van der Waals surface area contributed by atoms with Gasteiger partial charge in [-0.05, 0) is 152 Å². The zero-order valence-corrected chi connectivity index (χ0v) is 76.9. The van der Waals surface area contributed by atoms with Gasteiger partial charge in [-0.25, -0.2) is 79.8 Å². The van der Waals surface area contributed by atoms with Crippen LogP contribution in [-0.4, -0.2) is 125 Å². The lowest BCUT2D eigenvalue weighted by Crippen LogP contribution is -2.29. The highest BCUT2D eigenvalue weighted by molar-refractivity contribution is 6.36. The van der Waals surface area contributed by atoms with E-state index in [1.807, 2.05) is 108 Å². The van der Waals surface area contributed by atoms with E-state index in [1.54, 1.807) is 111 Å². The molecule has 2 aliphatic carbocycles. The van der Waals surface area contributed by atoms with Gasteiger partial charge in [0.1, 0.15) is 142 Å². The van der Waals surface area contributed by atoms with Gasteiger partial charge in [0.05, 0.1) is 124 Å². The maximum absolute atomic E-state index is 13.7. The second-order valence-electron chi connectivity index (χ2n) is 32.3. The van der Waals surface area contributed by atoms with E-state index in [9.17, 15) is 19.2 Å². The van der Waals surface area contributed by atoms with Gasteiger partial charge in [0, 0.05) is 12.1 Å². The van der Waals surface area contributed by atoms with Crippen molar-refractivity contribution in [2.45, 2.75) is 155 Å². The van der Waals surface area contributed by atoms with E-state index in [0.29, 0.717) is 218 Å². The summed E-state index contributed by atoms with van der Waals surface area (Å²) in [7, 11) is 0. The van der Waals surface area contributed by atoms with Crippen molar-refractivity contribution >= 4 is 148 Å². The van der Waals surface area contributed by atoms with E-state index in [1.165, 1.54) is 25.3 Å². The van der Waals surface area contributed by atoms with Crippen molar-refractivity contribution in [3.8, 4) is 34.3 Å². The minimum Gasteiger partial charge on any atom is -0.475 e. The SMILES string of the molecule is CC[C@H](Nc1ncnc(N)c1-c1ncc(C)o1)c1nc2cccc(Cl)c2c(=O)n1-c1ccccc1.CC[C@H](Nc1ncnc(N)c1-c1ncc(C)o1)c1nc2cccc(Cl)c2c(=O)n1C1CC1.CC[C@H](Nc1ncnc(N)c1C1=N[C@@H](C)CO1)c1nc2cccc(Cl)c2c(=O)n1-c1ccccc1.CC[C@H](Nc1ncnc(N)c1C1=N[C@@H](C)CO1)c1nc2cccc(Cl)c2c(=O)n1C1CC1. The van der Waals surface area contributed by atoms with Gasteiger partial charge >= 0.3 is 0 Å². The molecule has 0 saturated heterocycles. The number of fused-ring (bicyclic) bond motifs is 4. The normalized spacial score (nSPS) is 15.4. The number of aliphatic imine (C=N–C) groups is 2. The van der Waals surface area contributed by atoms with E-state index in [4.69, 9.17) is 108 Å². The fourth-order valence-corrected chi connectivity index (χ4v) is 16.9. The molecule has 0 radical (unpaired) electrons. The number of halogens is 4. The van der Waals surface area contributed by atoms with Crippen LogP contribution in [0.1, 0.15) is 175 Å². The lowest BCUT2D eigenvalue weighted by Gasteiger charge is -2.23. The Morgan fingerprint density at radius 2 is 0.664 bits per heavy atom. The van der Waals surface area contributed by atoms with Crippen LogP contribution in [0.5, 0.6) is 0 Å². The molecule has 16 aromatic rings. The number of ether oxygens (including phenoxy) is 2. The number of nitrogens with one attached hydrogen (secondary N) is 4. The molecule has 0 unspecified atom stereocenters. The van der Waals surface area contributed by atoms with Gasteiger partial charge in [0.25, 0.3) is 22.2 Å². The van der Waals surface area contributed by atoms with Crippen LogP contribution in [0, 0.1) is 13.8 Å². The molecule has 12 N–H and O–H groups in total. The zero-order valence-electron chi connectivity index (χ0n) is 73.9. The predicted octanol–water partition coefficient (Wildman–Crippen LogP) is 16.8. The molecule has 20 rings (SSSR count). The fraction of sp³-hybridized carbons (Fsp3) is 0.277. The van der Waals surface area contributed by atoms with Crippen molar-refractivity contribution in [3.63, 3.8) is 0 Å². The van der Waals surface area contributed by atoms with Gasteiger partial charge in [-0.15, -0.1) is 0 Å². The number of rotatable bonds is 24. The summed E-state index contributed by atoms with van der Waals surface area (Å²) in [5, 5.41) is 16.8. The molecule has 134 heavy (non-hydrogen) atoms. The summed E-state index contributed by atoms with van der Waals surface area (Å²) in [6, 6.07) is 38.7. The number of anilines is 8. The summed E-state index contributed by atoms with van der Waals surface area (Å²) in [6.07, 6.45) is 15.0. The van der Waals surface area contributed by atoms with Crippen LogP contribution in [0.2, 0.25) is 20.1 Å². The molecule has 0 bridgehead atoms. The molecule has 0 amide bonds. The highest BCUT2D eigenvalue weighted by Crippen LogP contribution is 2.43. The molecule has 2 saturated carbocycles. The van der Waals surface area contributed by atoms with Crippen LogP contribution >= 0.6 is 46.4 Å². The quantitative estimate of drug-likeness (QED) is 0.0278. The Morgan fingerprint density at radius 1 is 0.373 bits per heavy atom. The van der Waals surface area contributed by atoms with Gasteiger partial charge < -0.3 is 62.5 Å². The van der Waals surface area contributed by atoms with Crippen molar-refractivity contribution in [2.24, 2.45) is 9.98 Å². The Hall–Kier alpha value is -14.9. The Balaban J connectivity index is 0.000000124. The summed E-state index contributed by atoms with van der Waals surface area (Å²) in [6.45, 7) is 16.5. The smallest absolute Gasteiger partial charge is 0.267 e. The molecule has 684 valence electrons. The third-order valence-corrected chi connectivity index (χ3v) is 24.0. The molecule has 36 nitrogen and oxygen atoms in total. The Morgan fingerprint density at radius 3 is 0.948 bits per heavy atom. The monoisotopic (exact) mass is 1880 g/mol. The first-order valence-corrected chi connectivity index (χ1v) is 45.1. The summed E-state index contributed by atoms with van der Waals surface area (Å²) in [5.74, 6) is 7.89. The summed E-state index contributed by atoms with van der Waals surface area (Å²) < 4.78 is 29.6. The standard InChI is InChI=1S/C25H24ClN7O2.C25H22ClN7O2.C22H24ClN7O2.C22H22ClN7O2/c1-3-17(31-22-20(21(27)28-13-29-22)24-30-14(2)12-35-24)23-32-18-11-7-10-16(26)19(18)25(34)33(23)15-8-5-4-6-9-15;1-3-17(31-22-20(21(27)29-13-30-22)24-28-12-14(2)35-24)23-32-18-11-7-10-16(26)19(18)25(34)33(23)15-8-5-4-6-9-15;1-3-14(28-19-17(18(24)25-10-26-19)21-27-11(2)9-32-21)20-29-15-6-4-5-13(23)16(15)22(31)30(20)12-7-8-12;1-3-14(28-19-17(18(24)26-10-27-19)21-25-9-11(2)32-21)20-29-15-6-4-5-13(23)16(15)22(31)30(20)12-7-8-12/h4-11,13-14,17H,3,12H2,1-2H3,(H3,27,28,29,31);4-13,17H,3H2,1-2H3,(H3,27,29,30,31);4-6,10-12,14H,3,7-9H2,1-2H3,(H3,24,25,26,28);4-6,9-10,12,14H,3,7-8H2,1-2H3,(H3,24,26,27,28)/t14-,17-;17-;11-,14-;14-/m0000/s1. The van der Waals surface area contributed by atoms with Crippen molar-refractivity contribution < 1.29 is 18.3 Å². The van der Waals surface area contributed by atoms with E-state index in [0.717, 1.165) is 25.7 Å². The van der Waals surface area contributed by atoms with Gasteiger partial charge in [0.15, 0.2) is 0 Å². The number of nitrogen functional groups attached to an aromatic ring is 4. The molecule has 6 atom stereocenters. The van der Waals surface area contributed by atoms with Crippen molar-refractivity contribution in [1.29, 1.82) is 0 Å². The third kappa shape index (κ3) is 18.6. The average molecular weight is 1880 g/mol. The third-order valence-electron chi connectivity index (χ3n) is 22.7. The van der Waals surface area contributed by atoms with E-state index in [2.05, 4.69) is 81.1 Å². The lowest BCUT2D eigenvalue weighted by atomic mass is 10.1. The van der Waals surface area contributed by atoms with E-state index < -0.39 is 12.1 Å². The zero-order chi connectivity index (χ0) is 93.9. The van der Waals surface area contributed by atoms with Crippen LogP contribution in [0.15, 0.2) is 209 Å². The number of oxazole rings is 2. The Labute approximate surface area is 785 Å². The van der Waals surface area contributed by atoms with Crippen LogP contribution in [-0.2, 0) is 9.47 Å². The molecular formula is C94H92Cl4N28O8. The van der Waals surface area contributed by atoms with Crippen LogP contribution in [0.4, 0.5) is 46.5 Å². The number of aryl methyl sites for hydroxylation is 2. The van der Waals surface area contributed by atoms with E-state index in [-0.39, 0.29) is 81.8 Å². The van der Waals surface area contributed by atoms with Gasteiger partial charge in [0.2, 0.25) is 23.6 Å². The second kappa shape index (κ2) is 39.3. The minimum absolute atomic E-state index is 0.00888. The van der Waals surface area contributed by atoms with Gasteiger partial charge in [-0.2, -0.15) is 0 Å². The molecule has 4 aliphatic rings. The first-order valence-electron chi connectivity index (χ1n) is 43.6. The maximum atomic E-state index is 13.7. The maximum Gasteiger partial charge on any atom is 0.267 e. The second-order valence-corrected chi connectivity index (χ2v) is 33.9. The number of hydrogen-bond donors (Lipinski definition) is 8. The molecule has 10 aromatic heterocycles. The Bertz CT molecular complexity index is 7480. The van der Waals surface area contributed by atoms with Crippen LogP contribution in [0.25, 0.3) is 77.9 Å². The number of nitrogens with two attached hydrogens (primary N) is 4. The van der Waals surface area contributed by atoms with Crippen LogP contribution in [0.3, 0.4) is 0 Å². The summed E-state index contributed by atoms with van der Waals surface area (Å²) in [4.78, 5) is 125. The molecule has 0 spiro atoms. The first-order chi connectivity index (χ1) is 64.9. The largest absolute Gasteiger partial charge is 0.475 e. The molecule has 2 fully saturated rings. The van der Waals surface area contributed by atoms with Crippen molar-refractivity contribution in [1.82, 2.24) is 88.0 Å². The summed E-state index contributed by atoms with van der Waals surface area (Å²) in [5.41, 5.74) is 29.4. The molecule has 2 aliphatic heterocycles. The van der Waals surface area contributed by atoms with Gasteiger partial charge in [-0.3, -0.25) is 37.4 Å². The first kappa shape index (κ1) is 91.0. The molecule has 12 heterocycles. The number of aromatic nitrogens is 18. The number of para-hydroxylation sites is 2. The average Bonchev–Trinajstić information content (AvgIpc) is 1.54. The lowest BCUT2D eigenvalue weighted by molar-refractivity contribution is 0.324. The van der Waals surface area contributed by atoms with Crippen molar-refractivity contribution in [2.75, 3.05) is 57.4 Å². The Kier molecular flexibility index (Phi) is 26.7. The predicted molar refractivity (Wildman–Crippen MR) is 520 cm³/mol. The molecule has 40 heteroatoms. The van der Waals surface area contributed by atoms with Crippen molar-refractivity contribution in [3.05, 3.63) is 279 Å². The molecular weight excluding hydrogens is 1790 g/mol. The summed E-state index contributed by atoms with van der Waals surface area (Å²) >= 11 is 25.5. The number of hydrogen-bond acceptors (Lipinski definition) is 32. The van der Waals surface area contributed by atoms with Crippen LogP contribution < -0.4 is 66.4 Å². The highest BCUT2D eigenvalue weighted by atomic mass is 35.5. The van der Waals surface area contributed by atoms with E-state index >= 15 is 0 Å². The number of nitrogens with zero attached hydrogens (tertiary/aromatic N) is 20. The highest BCUT2D eigenvalue weighted by Gasteiger charge is 2.37. The minimum atomic E-state index is -0.421. The topological polar surface area (TPSA) is 490 Å². The molecule has 6 aromatic carbocycles. The fourth-order valence-electron chi connectivity index (χ4n) is 15.9.